The minimum Gasteiger partial charge on any atom is -0.366 e. The van der Waals surface area contributed by atoms with E-state index in [4.69, 9.17) is 5.73 Å². The summed E-state index contributed by atoms with van der Waals surface area (Å²) >= 11 is 0. The summed E-state index contributed by atoms with van der Waals surface area (Å²) in [7, 11) is 0. The van der Waals surface area contributed by atoms with Crippen LogP contribution in [0.2, 0.25) is 0 Å². The van der Waals surface area contributed by atoms with Crippen LogP contribution in [0.1, 0.15) is 34.8 Å². The Bertz CT molecular complexity index is 640. The Kier molecular flexibility index (Phi) is 6.29. The largest absolute Gasteiger partial charge is 0.366 e. The first-order valence-corrected chi connectivity index (χ1v) is 7.91. The first kappa shape index (κ1) is 17.2. The van der Waals surface area contributed by atoms with Crippen molar-refractivity contribution in [2.24, 2.45) is 5.73 Å². The molecule has 0 bridgehead atoms. The van der Waals surface area contributed by atoms with Crippen LogP contribution in [-0.2, 0) is 12.8 Å². The summed E-state index contributed by atoms with van der Waals surface area (Å²) < 4.78 is 13.1. The topological polar surface area (TPSA) is 55.1 Å². The zero-order valence-electron chi connectivity index (χ0n) is 13.4. The fourth-order valence-electron chi connectivity index (χ4n) is 2.57. The van der Waals surface area contributed by atoms with E-state index >= 15 is 0 Å². The zero-order chi connectivity index (χ0) is 16.7. The molecular formula is C19H23FN2O. The SMILES string of the molecule is CC(Cc1cccc(F)c1)NCCCc1ccc(C(N)=O)cc1. The number of hydrogen-bond donors (Lipinski definition) is 2. The smallest absolute Gasteiger partial charge is 0.248 e. The number of aryl methyl sites for hydroxylation is 1. The molecule has 0 spiro atoms. The molecule has 2 aromatic carbocycles. The maximum atomic E-state index is 13.1. The summed E-state index contributed by atoms with van der Waals surface area (Å²) in [6.07, 6.45) is 2.76. The third kappa shape index (κ3) is 5.83. The molecule has 0 aliphatic carbocycles. The van der Waals surface area contributed by atoms with Gasteiger partial charge in [-0.15, -0.1) is 0 Å². The van der Waals surface area contributed by atoms with Gasteiger partial charge < -0.3 is 11.1 Å². The molecule has 0 aliphatic heterocycles. The molecule has 4 heteroatoms. The summed E-state index contributed by atoms with van der Waals surface area (Å²) in [6.45, 7) is 3.00. The molecule has 0 fully saturated rings. The second-order valence-electron chi connectivity index (χ2n) is 5.85. The highest BCUT2D eigenvalue weighted by Gasteiger charge is 2.04. The Morgan fingerprint density at radius 3 is 2.57 bits per heavy atom. The van der Waals surface area contributed by atoms with Crippen molar-refractivity contribution in [3.8, 4) is 0 Å². The molecule has 0 radical (unpaired) electrons. The second-order valence-corrected chi connectivity index (χ2v) is 5.85. The number of nitrogens with two attached hydrogens (primary N) is 1. The highest BCUT2D eigenvalue weighted by molar-refractivity contribution is 5.92. The summed E-state index contributed by atoms with van der Waals surface area (Å²) in [5, 5.41) is 3.45. The molecule has 0 heterocycles. The average Bonchev–Trinajstić information content (AvgIpc) is 2.52. The number of hydrogen-bond acceptors (Lipinski definition) is 2. The van der Waals surface area contributed by atoms with Gasteiger partial charge in [0, 0.05) is 11.6 Å². The molecule has 2 rings (SSSR count). The number of amides is 1. The van der Waals surface area contributed by atoms with E-state index in [1.165, 1.54) is 11.6 Å². The molecule has 0 aliphatic rings. The number of primary amides is 1. The van der Waals surface area contributed by atoms with Gasteiger partial charge in [-0.3, -0.25) is 4.79 Å². The molecule has 0 saturated carbocycles. The summed E-state index contributed by atoms with van der Waals surface area (Å²) in [5.74, 6) is -0.585. The highest BCUT2D eigenvalue weighted by Crippen LogP contribution is 2.08. The molecule has 3 N–H and O–H groups in total. The van der Waals surface area contributed by atoms with E-state index in [0.717, 1.165) is 31.4 Å². The zero-order valence-corrected chi connectivity index (χ0v) is 13.4. The van der Waals surface area contributed by atoms with Crippen molar-refractivity contribution in [3.05, 3.63) is 71.0 Å². The van der Waals surface area contributed by atoms with Crippen molar-refractivity contribution in [1.29, 1.82) is 0 Å². The number of carbonyl (C=O) groups is 1. The molecule has 122 valence electrons. The van der Waals surface area contributed by atoms with E-state index in [9.17, 15) is 9.18 Å². The fraction of sp³-hybridized carbons (Fsp3) is 0.316. The summed E-state index contributed by atoms with van der Waals surface area (Å²) in [5.41, 5.74) is 7.95. The molecule has 1 atom stereocenters. The Hall–Kier alpha value is -2.20. The third-order valence-corrected chi connectivity index (χ3v) is 3.80. The van der Waals surface area contributed by atoms with Crippen molar-refractivity contribution >= 4 is 5.91 Å². The van der Waals surface area contributed by atoms with Gasteiger partial charge in [-0.1, -0.05) is 24.3 Å². The Labute approximate surface area is 136 Å². The van der Waals surface area contributed by atoms with Gasteiger partial charge in [-0.2, -0.15) is 0 Å². The van der Waals surface area contributed by atoms with Crippen molar-refractivity contribution < 1.29 is 9.18 Å². The Balaban J connectivity index is 1.69. The first-order valence-electron chi connectivity index (χ1n) is 7.91. The van der Waals surface area contributed by atoms with E-state index in [0.29, 0.717) is 11.6 Å². The first-order chi connectivity index (χ1) is 11.0. The van der Waals surface area contributed by atoms with Gasteiger partial charge in [0.1, 0.15) is 5.82 Å². The predicted molar refractivity (Wildman–Crippen MR) is 90.8 cm³/mol. The van der Waals surface area contributed by atoms with Gasteiger partial charge in [-0.25, -0.2) is 4.39 Å². The molecular weight excluding hydrogens is 291 g/mol. The van der Waals surface area contributed by atoms with E-state index in [-0.39, 0.29) is 5.82 Å². The normalized spacial score (nSPS) is 12.1. The third-order valence-electron chi connectivity index (χ3n) is 3.80. The van der Waals surface area contributed by atoms with Gasteiger partial charge >= 0.3 is 0 Å². The number of carbonyl (C=O) groups excluding carboxylic acids is 1. The Morgan fingerprint density at radius 1 is 1.17 bits per heavy atom. The lowest BCUT2D eigenvalue weighted by Crippen LogP contribution is -2.29. The lowest BCUT2D eigenvalue weighted by atomic mass is 10.1. The molecule has 3 nitrogen and oxygen atoms in total. The fourth-order valence-corrected chi connectivity index (χ4v) is 2.57. The van der Waals surface area contributed by atoms with Crippen LogP contribution in [-0.4, -0.2) is 18.5 Å². The highest BCUT2D eigenvalue weighted by atomic mass is 19.1. The molecule has 2 aromatic rings. The standard InChI is InChI=1S/C19H23FN2O/c1-14(12-16-4-2-6-18(20)13-16)22-11-3-5-15-7-9-17(10-8-15)19(21)23/h2,4,6-10,13-14,22H,3,5,11-12H2,1H3,(H2,21,23). The van der Waals surface area contributed by atoms with Crippen LogP contribution in [0.25, 0.3) is 0 Å². The average molecular weight is 314 g/mol. The van der Waals surface area contributed by atoms with E-state index < -0.39 is 5.91 Å². The van der Waals surface area contributed by atoms with Crippen molar-refractivity contribution in [2.45, 2.75) is 32.2 Å². The predicted octanol–water partition coefficient (Wildman–Crippen LogP) is 3.08. The van der Waals surface area contributed by atoms with Crippen LogP contribution in [0.5, 0.6) is 0 Å². The van der Waals surface area contributed by atoms with E-state index in [1.807, 2.05) is 18.2 Å². The maximum absolute atomic E-state index is 13.1. The lowest BCUT2D eigenvalue weighted by Gasteiger charge is -2.14. The van der Waals surface area contributed by atoms with E-state index in [2.05, 4.69) is 12.2 Å². The minimum absolute atomic E-state index is 0.186. The van der Waals surface area contributed by atoms with Crippen LogP contribution >= 0.6 is 0 Å². The van der Waals surface area contributed by atoms with Gasteiger partial charge in [0.25, 0.3) is 0 Å². The van der Waals surface area contributed by atoms with Gasteiger partial charge in [-0.05, 0) is 68.1 Å². The summed E-state index contributed by atoms with van der Waals surface area (Å²) in [4.78, 5) is 11.0. The molecule has 1 unspecified atom stereocenters. The summed E-state index contributed by atoms with van der Waals surface area (Å²) in [6, 6.07) is 14.4. The number of rotatable bonds is 8. The lowest BCUT2D eigenvalue weighted by molar-refractivity contribution is 0.100. The van der Waals surface area contributed by atoms with Crippen LogP contribution < -0.4 is 11.1 Å². The van der Waals surface area contributed by atoms with E-state index in [1.54, 1.807) is 24.3 Å². The van der Waals surface area contributed by atoms with Crippen LogP contribution in [0.4, 0.5) is 4.39 Å². The number of benzene rings is 2. The van der Waals surface area contributed by atoms with Crippen molar-refractivity contribution in [2.75, 3.05) is 6.54 Å². The molecule has 23 heavy (non-hydrogen) atoms. The quantitative estimate of drug-likeness (QED) is 0.736. The Morgan fingerprint density at radius 2 is 1.91 bits per heavy atom. The number of nitrogens with one attached hydrogen (secondary N) is 1. The van der Waals surface area contributed by atoms with Gasteiger partial charge in [0.15, 0.2) is 0 Å². The van der Waals surface area contributed by atoms with Crippen molar-refractivity contribution in [3.63, 3.8) is 0 Å². The number of halogens is 1. The maximum Gasteiger partial charge on any atom is 0.248 e. The second kappa shape index (κ2) is 8.44. The monoisotopic (exact) mass is 314 g/mol. The van der Waals surface area contributed by atoms with Crippen molar-refractivity contribution in [1.82, 2.24) is 5.32 Å². The van der Waals surface area contributed by atoms with Crippen LogP contribution in [0.15, 0.2) is 48.5 Å². The molecule has 0 saturated heterocycles. The molecule has 1 amide bonds. The van der Waals surface area contributed by atoms with Gasteiger partial charge in [0.05, 0.1) is 0 Å². The van der Waals surface area contributed by atoms with Gasteiger partial charge in [0.2, 0.25) is 5.91 Å². The minimum atomic E-state index is -0.399. The van der Waals surface area contributed by atoms with Crippen LogP contribution in [0, 0.1) is 5.82 Å². The molecule has 0 aromatic heterocycles. The van der Waals surface area contributed by atoms with Crippen LogP contribution in [0.3, 0.4) is 0 Å².